The highest BCUT2D eigenvalue weighted by molar-refractivity contribution is 5.98. The Labute approximate surface area is 258 Å². The number of carbonyl (C=O) groups is 6. The van der Waals surface area contributed by atoms with Crippen LogP contribution in [0.25, 0.3) is 0 Å². The van der Waals surface area contributed by atoms with E-state index in [1.54, 1.807) is 43.0 Å². The molecule has 244 valence electrons. The van der Waals surface area contributed by atoms with Gasteiger partial charge < -0.3 is 42.4 Å². The van der Waals surface area contributed by atoms with Crippen molar-refractivity contribution >= 4 is 41.3 Å². The van der Waals surface area contributed by atoms with Gasteiger partial charge in [0, 0.05) is 44.7 Å². The Balaban J connectivity index is 1.98. The summed E-state index contributed by atoms with van der Waals surface area (Å²) in [5.74, 6) is -2.65. The van der Waals surface area contributed by atoms with Gasteiger partial charge in [0.2, 0.25) is 23.6 Å². The third kappa shape index (κ3) is 11.5. The van der Waals surface area contributed by atoms with Gasteiger partial charge in [0.15, 0.2) is 0 Å². The third-order valence-corrected chi connectivity index (χ3v) is 7.65. The molecule has 0 bridgehead atoms. The number of esters is 1. The van der Waals surface area contributed by atoms with Crippen LogP contribution in [0.5, 0.6) is 0 Å². The fourth-order valence-electron chi connectivity index (χ4n) is 5.03. The largest absolute Gasteiger partial charge is 0.469 e. The summed E-state index contributed by atoms with van der Waals surface area (Å²) < 4.78 is 4.84. The van der Waals surface area contributed by atoms with Crippen molar-refractivity contribution < 1.29 is 33.5 Å². The maximum absolute atomic E-state index is 13.3. The molecule has 14 nitrogen and oxygen atoms in total. The van der Waals surface area contributed by atoms with Crippen molar-refractivity contribution in [1.29, 1.82) is 0 Å². The van der Waals surface area contributed by atoms with Crippen molar-refractivity contribution in [3.8, 4) is 0 Å². The molecule has 0 spiro atoms. The fourth-order valence-corrected chi connectivity index (χ4v) is 5.03. The minimum absolute atomic E-state index is 0.0469. The molecule has 4 atom stereocenters. The summed E-state index contributed by atoms with van der Waals surface area (Å²) in [6.45, 7) is 6.76. The Morgan fingerprint density at radius 1 is 1.02 bits per heavy atom. The van der Waals surface area contributed by atoms with Crippen LogP contribution in [0.3, 0.4) is 0 Å². The van der Waals surface area contributed by atoms with Gasteiger partial charge in [-0.2, -0.15) is 0 Å². The standard InChI is InChI=1S/C30H47N7O7/c1-18(2)26(36-24(38)11-12-25(39)37-15-13-22(19(3)17-37)29(42)44-4)28(41)35-23(6-5-14-33-30(32)43)27(40)34-21-9-7-20(16-31)8-10-21/h7-10,18-19,22-23,26H,5-6,11-17,31H2,1-4H3,(H,34,40)(H,35,41)(H,36,38)(H3,32,33,43)/t19?,22?,23-,26-/m0/s1. The second kappa shape index (κ2) is 17.8. The number of anilines is 1. The molecule has 0 aromatic heterocycles. The quantitative estimate of drug-likeness (QED) is 0.121. The Morgan fingerprint density at radius 2 is 1.70 bits per heavy atom. The van der Waals surface area contributed by atoms with Crippen molar-refractivity contribution in [2.24, 2.45) is 29.2 Å². The van der Waals surface area contributed by atoms with E-state index in [-0.39, 0.29) is 55.4 Å². The lowest BCUT2D eigenvalue weighted by Crippen LogP contribution is -2.54. The lowest BCUT2D eigenvalue weighted by molar-refractivity contribution is -0.151. The minimum Gasteiger partial charge on any atom is -0.469 e. The van der Waals surface area contributed by atoms with E-state index in [0.29, 0.717) is 38.2 Å². The van der Waals surface area contributed by atoms with Gasteiger partial charge in [-0.1, -0.05) is 32.9 Å². The van der Waals surface area contributed by atoms with Crippen molar-refractivity contribution in [3.63, 3.8) is 0 Å². The van der Waals surface area contributed by atoms with Crippen molar-refractivity contribution in [2.75, 3.05) is 32.1 Å². The van der Waals surface area contributed by atoms with Crippen molar-refractivity contribution in [2.45, 2.75) is 71.5 Å². The highest BCUT2D eigenvalue weighted by Gasteiger charge is 2.34. The number of urea groups is 1. The molecule has 1 heterocycles. The first-order valence-corrected chi connectivity index (χ1v) is 14.9. The van der Waals surface area contributed by atoms with E-state index in [4.69, 9.17) is 16.2 Å². The zero-order chi connectivity index (χ0) is 32.8. The predicted molar refractivity (Wildman–Crippen MR) is 164 cm³/mol. The van der Waals surface area contributed by atoms with Crippen LogP contribution in [0.4, 0.5) is 10.5 Å². The van der Waals surface area contributed by atoms with Crippen LogP contribution in [0, 0.1) is 17.8 Å². The molecule has 8 N–H and O–H groups in total. The van der Waals surface area contributed by atoms with Gasteiger partial charge >= 0.3 is 12.0 Å². The fraction of sp³-hybridized carbons (Fsp3) is 0.600. The second-order valence-corrected chi connectivity index (χ2v) is 11.4. The summed E-state index contributed by atoms with van der Waals surface area (Å²) in [6.07, 6.45) is 0.866. The zero-order valence-electron chi connectivity index (χ0n) is 26.0. The van der Waals surface area contributed by atoms with E-state index in [0.717, 1.165) is 5.56 Å². The average Bonchev–Trinajstić information content (AvgIpc) is 2.99. The number of benzene rings is 1. The molecule has 44 heavy (non-hydrogen) atoms. The van der Waals surface area contributed by atoms with Crippen LogP contribution < -0.4 is 32.7 Å². The van der Waals surface area contributed by atoms with E-state index in [2.05, 4.69) is 21.3 Å². The minimum atomic E-state index is -0.971. The van der Waals surface area contributed by atoms with Crippen LogP contribution in [-0.4, -0.2) is 79.4 Å². The maximum Gasteiger partial charge on any atom is 0.312 e. The van der Waals surface area contributed by atoms with Crippen molar-refractivity contribution in [3.05, 3.63) is 29.8 Å². The smallest absolute Gasteiger partial charge is 0.312 e. The number of methoxy groups -OCH3 is 1. The number of ether oxygens (including phenoxy) is 1. The van der Waals surface area contributed by atoms with E-state index in [1.165, 1.54) is 7.11 Å². The molecule has 1 aliphatic heterocycles. The summed E-state index contributed by atoms with van der Waals surface area (Å²) in [5, 5.41) is 10.7. The Morgan fingerprint density at radius 3 is 2.27 bits per heavy atom. The second-order valence-electron chi connectivity index (χ2n) is 11.4. The lowest BCUT2D eigenvalue weighted by Gasteiger charge is -2.35. The number of piperidine rings is 1. The van der Waals surface area contributed by atoms with Gasteiger partial charge in [0.05, 0.1) is 13.0 Å². The van der Waals surface area contributed by atoms with E-state index in [1.807, 2.05) is 6.92 Å². The highest BCUT2D eigenvalue weighted by Crippen LogP contribution is 2.25. The van der Waals surface area contributed by atoms with E-state index >= 15 is 0 Å². The molecule has 1 aromatic rings. The summed E-state index contributed by atoms with van der Waals surface area (Å²) in [6, 6.07) is 4.33. The van der Waals surface area contributed by atoms with Gasteiger partial charge in [-0.05, 0) is 48.8 Å². The number of hydrogen-bond donors (Lipinski definition) is 6. The number of likely N-dealkylation sites (tertiary alicyclic amines) is 1. The molecule has 2 unspecified atom stereocenters. The number of hydrogen-bond acceptors (Lipinski definition) is 8. The molecule has 0 aliphatic carbocycles. The molecule has 1 aliphatic rings. The number of nitrogens with two attached hydrogens (primary N) is 2. The molecule has 1 fully saturated rings. The number of nitrogens with zero attached hydrogens (tertiary/aromatic N) is 1. The molecular formula is C30H47N7O7. The highest BCUT2D eigenvalue weighted by atomic mass is 16.5. The molecule has 1 saturated heterocycles. The van der Waals surface area contributed by atoms with Crippen molar-refractivity contribution in [1.82, 2.24) is 20.9 Å². The summed E-state index contributed by atoms with van der Waals surface area (Å²) in [4.78, 5) is 76.7. The van der Waals surface area contributed by atoms with E-state index < -0.39 is 35.8 Å². The first-order chi connectivity index (χ1) is 20.9. The van der Waals surface area contributed by atoms with Gasteiger partial charge in [-0.15, -0.1) is 0 Å². The Kier molecular flexibility index (Phi) is 14.6. The van der Waals surface area contributed by atoms with Crippen LogP contribution in [0.15, 0.2) is 24.3 Å². The van der Waals surface area contributed by atoms with Crippen LogP contribution >= 0.6 is 0 Å². The molecule has 0 saturated carbocycles. The van der Waals surface area contributed by atoms with Crippen LogP contribution in [0.1, 0.15) is 58.4 Å². The van der Waals surface area contributed by atoms with E-state index in [9.17, 15) is 28.8 Å². The third-order valence-electron chi connectivity index (χ3n) is 7.65. The Hall–Kier alpha value is -4.20. The zero-order valence-corrected chi connectivity index (χ0v) is 26.0. The molecule has 0 radical (unpaired) electrons. The van der Waals surface area contributed by atoms with Gasteiger partial charge in [0.1, 0.15) is 12.1 Å². The number of nitrogens with one attached hydrogen (secondary N) is 4. The summed E-state index contributed by atoms with van der Waals surface area (Å²) in [7, 11) is 1.35. The average molecular weight is 618 g/mol. The van der Waals surface area contributed by atoms with Crippen LogP contribution in [-0.2, 0) is 35.3 Å². The molecule has 14 heteroatoms. The Bertz CT molecular complexity index is 1160. The molecule has 2 rings (SSSR count). The summed E-state index contributed by atoms with van der Waals surface area (Å²) in [5.41, 5.74) is 12.2. The lowest BCUT2D eigenvalue weighted by atomic mass is 9.87. The van der Waals surface area contributed by atoms with Crippen LogP contribution in [0.2, 0.25) is 0 Å². The number of carbonyl (C=O) groups excluding carboxylic acids is 6. The number of amides is 6. The summed E-state index contributed by atoms with van der Waals surface area (Å²) >= 11 is 0. The topological polar surface area (TPSA) is 215 Å². The maximum atomic E-state index is 13.3. The number of rotatable bonds is 15. The number of primary amides is 1. The predicted octanol–water partition coefficient (Wildman–Crippen LogP) is 0.596. The first-order valence-electron chi connectivity index (χ1n) is 14.9. The molecule has 6 amide bonds. The first kappa shape index (κ1) is 36.0. The SMILES string of the molecule is COC(=O)C1CCN(C(=O)CCC(=O)N[C@H](C(=O)N[C@@H](CCCNC(N)=O)C(=O)Nc2ccc(CN)cc2)C(C)C)CC1C. The van der Waals surface area contributed by atoms with Gasteiger partial charge in [-0.25, -0.2) is 4.79 Å². The molecular weight excluding hydrogens is 570 g/mol. The van der Waals surface area contributed by atoms with Gasteiger partial charge in [0.25, 0.3) is 0 Å². The monoisotopic (exact) mass is 617 g/mol. The normalized spacial score (nSPS) is 17.6. The van der Waals surface area contributed by atoms with Gasteiger partial charge in [-0.3, -0.25) is 24.0 Å². The molecule has 1 aromatic carbocycles.